The van der Waals surface area contributed by atoms with Crippen molar-refractivity contribution in [3.05, 3.63) is 90.5 Å². The van der Waals surface area contributed by atoms with Crippen molar-refractivity contribution in [2.75, 3.05) is 17.2 Å². The highest BCUT2D eigenvalue weighted by Gasteiger charge is 2.55. The fourth-order valence-electron chi connectivity index (χ4n) is 4.93. The number of anilines is 2. The zero-order valence-corrected chi connectivity index (χ0v) is 20.3. The topological polar surface area (TPSA) is 105 Å². The SMILES string of the molecule is CCOc1ccc([C@@H]2[C@H](C(=O)Nc3ccccc3)C(=O)C[C@](C)(O)[C@@H]2C(=O)Nc2ccccc2)cc1. The minimum absolute atomic E-state index is 0.319. The lowest BCUT2D eigenvalue weighted by Crippen LogP contribution is -2.56. The molecule has 1 fully saturated rings. The third-order valence-corrected chi connectivity index (χ3v) is 6.49. The van der Waals surface area contributed by atoms with Crippen molar-refractivity contribution in [1.82, 2.24) is 0 Å². The maximum atomic E-state index is 13.6. The number of para-hydroxylation sites is 2. The van der Waals surface area contributed by atoms with Gasteiger partial charge in [-0.1, -0.05) is 48.5 Å². The molecule has 1 saturated carbocycles. The summed E-state index contributed by atoms with van der Waals surface area (Å²) in [6, 6.07) is 24.7. The molecule has 0 aliphatic heterocycles. The molecule has 0 heterocycles. The molecule has 4 atom stereocenters. The number of hydrogen-bond acceptors (Lipinski definition) is 5. The van der Waals surface area contributed by atoms with Crippen molar-refractivity contribution in [2.24, 2.45) is 11.8 Å². The molecule has 0 saturated heterocycles. The Hall–Kier alpha value is -3.97. The molecule has 4 rings (SSSR count). The molecule has 0 unspecified atom stereocenters. The van der Waals surface area contributed by atoms with Crippen molar-refractivity contribution in [3.8, 4) is 5.75 Å². The van der Waals surface area contributed by atoms with Crippen LogP contribution < -0.4 is 15.4 Å². The van der Waals surface area contributed by atoms with Crippen LogP contribution >= 0.6 is 0 Å². The lowest BCUT2D eigenvalue weighted by Gasteiger charge is -2.44. The summed E-state index contributed by atoms with van der Waals surface area (Å²) in [5.74, 6) is -3.91. The predicted octanol–water partition coefficient (Wildman–Crippen LogP) is 4.40. The third kappa shape index (κ3) is 5.47. The molecule has 7 heteroatoms. The van der Waals surface area contributed by atoms with Gasteiger partial charge >= 0.3 is 0 Å². The van der Waals surface area contributed by atoms with Crippen molar-refractivity contribution in [3.63, 3.8) is 0 Å². The molecule has 3 N–H and O–H groups in total. The maximum Gasteiger partial charge on any atom is 0.235 e. The average molecular weight is 487 g/mol. The smallest absolute Gasteiger partial charge is 0.235 e. The minimum Gasteiger partial charge on any atom is -0.494 e. The van der Waals surface area contributed by atoms with Gasteiger partial charge in [-0.2, -0.15) is 0 Å². The molecule has 3 aromatic carbocycles. The standard InChI is InChI=1S/C29H30N2O5/c1-3-36-22-16-14-19(15-17-22)24-25(27(33)30-20-10-6-4-7-11-20)23(32)18-29(2,35)26(24)28(34)31-21-12-8-5-9-13-21/h4-17,24-26,35H,3,18H2,1-2H3,(H,30,33)(H,31,34)/t24-,25-,26+,29+/m1/s1. The second-order valence-corrected chi connectivity index (χ2v) is 9.19. The van der Waals surface area contributed by atoms with E-state index >= 15 is 0 Å². The molecule has 36 heavy (non-hydrogen) atoms. The molecule has 7 nitrogen and oxygen atoms in total. The summed E-state index contributed by atoms with van der Waals surface area (Å²) in [6.07, 6.45) is -0.319. The molecule has 186 valence electrons. The monoisotopic (exact) mass is 486 g/mol. The first kappa shape index (κ1) is 25.1. The number of carbonyl (C=O) groups is 3. The number of amides is 2. The van der Waals surface area contributed by atoms with Crippen LogP contribution in [0.25, 0.3) is 0 Å². The van der Waals surface area contributed by atoms with Crippen LogP contribution in [0, 0.1) is 11.8 Å². The Morgan fingerprint density at radius 1 is 0.889 bits per heavy atom. The third-order valence-electron chi connectivity index (χ3n) is 6.49. The van der Waals surface area contributed by atoms with Gasteiger partial charge in [0.1, 0.15) is 17.5 Å². The lowest BCUT2D eigenvalue weighted by molar-refractivity contribution is -0.150. The number of nitrogens with one attached hydrogen (secondary N) is 2. The maximum absolute atomic E-state index is 13.6. The van der Waals surface area contributed by atoms with Gasteiger partial charge in [0.2, 0.25) is 11.8 Å². The number of benzene rings is 3. The molecule has 1 aliphatic rings. The van der Waals surface area contributed by atoms with Crippen LogP contribution in [0.5, 0.6) is 5.75 Å². The Bertz CT molecular complexity index is 1210. The van der Waals surface area contributed by atoms with Gasteiger partial charge in [-0.25, -0.2) is 0 Å². The van der Waals surface area contributed by atoms with Crippen LogP contribution in [-0.4, -0.2) is 34.9 Å². The molecule has 0 spiro atoms. The summed E-state index contributed by atoms with van der Waals surface area (Å²) < 4.78 is 5.54. The fourth-order valence-corrected chi connectivity index (χ4v) is 4.93. The number of rotatable bonds is 7. The Balaban J connectivity index is 1.76. The number of carbonyl (C=O) groups excluding carboxylic acids is 3. The van der Waals surface area contributed by atoms with Gasteiger partial charge in [0, 0.05) is 23.7 Å². The molecule has 1 aliphatic carbocycles. The van der Waals surface area contributed by atoms with Crippen LogP contribution in [0.15, 0.2) is 84.9 Å². The van der Waals surface area contributed by atoms with Gasteiger partial charge in [-0.05, 0) is 55.8 Å². The lowest BCUT2D eigenvalue weighted by atomic mass is 9.61. The van der Waals surface area contributed by atoms with E-state index < -0.39 is 41.0 Å². The van der Waals surface area contributed by atoms with E-state index in [4.69, 9.17) is 4.74 Å². The highest BCUT2D eigenvalue weighted by molar-refractivity contribution is 6.10. The second-order valence-electron chi connectivity index (χ2n) is 9.19. The molecule has 2 amide bonds. The quantitative estimate of drug-likeness (QED) is 0.429. The summed E-state index contributed by atoms with van der Waals surface area (Å²) in [7, 11) is 0. The molecule has 0 bridgehead atoms. The van der Waals surface area contributed by atoms with Crippen LogP contribution in [0.3, 0.4) is 0 Å². The normalized spacial score (nSPS) is 23.5. The predicted molar refractivity (Wildman–Crippen MR) is 138 cm³/mol. The van der Waals surface area contributed by atoms with E-state index in [1.54, 1.807) is 72.8 Å². The summed E-state index contributed by atoms with van der Waals surface area (Å²) in [4.78, 5) is 40.5. The van der Waals surface area contributed by atoms with Gasteiger partial charge in [0.25, 0.3) is 0 Å². The summed E-state index contributed by atoms with van der Waals surface area (Å²) in [6.45, 7) is 3.84. The van der Waals surface area contributed by atoms with Gasteiger partial charge in [-0.15, -0.1) is 0 Å². The average Bonchev–Trinajstić information content (AvgIpc) is 2.85. The minimum atomic E-state index is -1.66. The van der Waals surface area contributed by atoms with E-state index in [0.29, 0.717) is 29.3 Å². The number of aliphatic hydroxyl groups is 1. The Labute approximate surface area is 210 Å². The summed E-state index contributed by atoms with van der Waals surface area (Å²) in [5, 5.41) is 17.0. The van der Waals surface area contributed by atoms with Crippen LogP contribution in [0.1, 0.15) is 31.7 Å². The highest BCUT2D eigenvalue weighted by Crippen LogP contribution is 2.46. The van der Waals surface area contributed by atoms with Crippen LogP contribution in [0.4, 0.5) is 11.4 Å². The first-order valence-corrected chi connectivity index (χ1v) is 12.0. The van der Waals surface area contributed by atoms with E-state index in [9.17, 15) is 19.5 Å². The molecule has 3 aromatic rings. The fraction of sp³-hybridized carbons (Fsp3) is 0.276. The van der Waals surface area contributed by atoms with Gasteiger partial charge < -0.3 is 20.5 Å². The molecular weight excluding hydrogens is 456 g/mol. The molecule has 0 radical (unpaired) electrons. The van der Waals surface area contributed by atoms with Gasteiger partial charge in [0.15, 0.2) is 0 Å². The Morgan fingerprint density at radius 3 is 1.94 bits per heavy atom. The number of ketones is 1. The van der Waals surface area contributed by atoms with E-state index in [2.05, 4.69) is 10.6 Å². The Kier molecular flexibility index (Phi) is 7.50. The molecule has 0 aromatic heterocycles. The van der Waals surface area contributed by atoms with E-state index in [1.165, 1.54) is 6.92 Å². The first-order chi connectivity index (χ1) is 17.3. The number of ether oxygens (including phenoxy) is 1. The zero-order valence-electron chi connectivity index (χ0n) is 20.3. The van der Waals surface area contributed by atoms with Crippen molar-refractivity contribution >= 4 is 29.0 Å². The zero-order chi connectivity index (χ0) is 25.7. The number of Topliss-reactive ketones (excluding diaryl/α,β-unsaturated/α-hetero) is 1. The van der Waals surface area contributed by atoms with E-state index in [0.717, 1.165) is 0 Å². The van der Waals surface area contributed by atoms with Gasteiger partial charge in [-0.3, -0.25) is 14.4 Å². The van der Waals surface area contributed by atoms with Crippen molar-refractivity contribution in [2.45, 2.75) is 31.8 Å². The van der Waals surface area contributed by atoms with Crippen LogP contribution in [-0.2, 0) is 14.4 Å². The second kappa shape index (κ2) is 10.7. The summed E-state index contributed by atoms with van der Waals surface area (Å²) in [5.41, 5.74) is 0.0328. The van der Waals surface area contributed by atoms with Gasteiger partial charge in [0.05, 0.1) is 18.1 Å². The van der Waals surface area contributed by atoms with Crippen molar-refractivity contribution in [1.29, 1.82) is 0 Å². The largest absolute Gasteiger partial charge is 0.494 e. The van der Waals surface area contributed by atoms with E-state index in [-0.39, 0.29) is 6.42 Å². The highest BCUT2D eigenvalue weighted by atomic mass is 16.5. The Morgan fingerprint density at radius 2 is 1.42 bits per heavy atom. The first-order valence-electron chi connectivity index (χ1n) is 12.0. The van der Waals surface area contributed by atoms with Crippen molar-refractivity contribution < 1.29 is 24.2 Å². The number of hydrogen-bond donors (Lipinski definition) is 3. The molecular formula is C29H30N2O5. The van der Waals surface area contributed by atoms with Crippen LogP contribution in [0.2, 0.25) is 0 Å². The summed E-state index contributed by atoms with van der Waals surface area (Å²) >= 11 is 0. The van der Waals surface area contributed by atoms with E-state index in [1.807, 2.05) is 19.1 Å².